The lowest BCUT2D eigenvalue weighted by Crippen LogP contribution is -2.44. The molecule has 0 heterocycles. The Morgan fingerprint density at radius 2 is 1.02 bits per heavy atom. The second-order valence-corrected chi connectivity index (χ2v) is 10.8. The van der Waals surface area contributed by atoms with Gasteiger partial charge in [-0.2, -0.15) is 0 Å². The average molecular weight is 552 g/mol. The van der Waals surface area contributed by atoms with Crippen LogP contribution in [0, 0.1) is 0 Å². The Hall–Kier alpha value is -3.28. The van der Waals surface area contributed by atoms with Crippen LogP contribution in [0.4, 0.5) is 0 Å². The summed E-state index contributed by atoms with van der Waals surface area (Å²) in [5.74, 6) is 0. The third kappa shape index (κ3) is 10.9. The van der Waals surface area contributed by atoms with E-state index in [-0.39, 0.29) is 24.9 Å². The van der Waals surface area contributed by atoms with Crippen LogP contribution in [-0.2, 0) is 35.8 Å². The van der Waals surface area contributed by atoms with E-state index in [0.717, 1.165) is 38.8 Å². The summed E-state index contributed by atoms with van der Waals surface area (Å²) in [6.07, 6.45) is 3.37. The van der Waals surface area contributed by atoms with E-state index in [4.69, 9.17) is 9.47 Å². The van der Waals surface area contributed by atoms with Gasteiger partial charge in [-0.05, 0) is 48.4 Å². The van der Waals surface area contributed by atoms with Crippen LogP contribution in [0.1, 0.15) is 54.9 Å². The first kappa shape index (κ1) is 30.7. The van der Waals surface area contributed by atoms with Crippen LogP contribution >= 0.6 is 0 Å². The van der Waals surface area contributed by atoms with Crippen molar-refractivity contribution < 1.29 is 14.6 Å². The molecule has 216 valence electrons. The molecule has 4 aromatic carbocycles. The van der Waals surface area contributed by atoms with E-state index < -0.39 is 0 Å². The predicted octanol–water partition coefficient (Wildman–Crippen LogP) is 7.80. The number of nitrogens with zero attached hydrogens (tertiary/aromatic N) is 1. The average Bonchev–Trinajstić information content (AvgIpc) is 3.03. The van der Waals surface area contributed by atoms with Crippen molar-refractivity contribution in [2.75, 3.05) is 6.61 Å². The Morgan fingerprint density at radius 3 is 1.49 bits per heavy atom. The molecule has 0 unspecified atom stereocenters. The van der Waals surface area contributed by atoms with Crippen molar-refractivity contribution in [3.8, 4) is 0 Å². The van der Waals surface area contributed by atoms with Crippen LogP contribution < -0.4 is 0 Å². The van der Waals surface area contributed by atoms with Gasteiger partial charge in [0.15, 0.2) is 0 Å². The van der Waals surface area contributed by atoms with Crippen LogP contribution in [-0.4, -0.2) is 34.9 Å². The highest BCUT2D eigenvalue weighted by molar-refractivity contribution is 5.18. The second-order valence-electron chi connectivity index (χ2n) is 10.8. The molecule has 0 fully saturated rings. The molecule has 41 heavy (non-hydrogen) atoms. The van der Waals surface area contributed by atoms with Crippen molar-refractivity contribution in [3.05, 3.63) is 144 Å². The molecule has 0 amide bonds. The van der Waals surface area contributed by atoms with Crippen molar-refractivity contribution in [3.63, 3.8) is 0 Å². The summed E-state index contributed by atoms with van der Waals surface area (Å²) in [6, 6.07) is 42.3. The minimum Gasteiger partial charge on any atom is -0.396 e. The maximum atomic E-state index is 9.45. The van der Waals surface area contributed by atoms with Gasteiger partial charge in [0.05, 0.1) is 25.4 Å². The van der Waals surface area contributed by atoms with Gasteiger partial charge in [0, 0.05) is 32.2 Å². The van der Waals surface area contributed by atoms with Crippen molar-refractivity contribution >= 4 is 0 Å². The number of aliphatic hydroxyl groups excluding tert-OH is 1. The Morgan fingerprint density at radius 1 is 0.585 bits per heavy atom. The Bertz CT molecular complexity index is 1160. The molecule has 0 aliphatic rings. The van der Waals surface area contributed by atoms with Crippen molar-refractivity contribution in [2.24, 2.45) is 0 Å². The maximum absolute atomic E-state index is 9.45. The highest BCUT2D eigenvalue weighted by Gasteiger charge is 2.28. The number of rotatable bonds is 18. The number of ether oxygens (including phenoxy) is 2. The standard InChI is InChI=1S/C37H45NO3/c1-31(38(27-32-16-6-2-7-17-32)28-33-18-8-3-9-19-33)37(41-30-35-22-12-5-13-23-35)26-36(24-14-15-25-39)40-29-34-20-10-4-11-21-34/h2-13,16-23,31,36-37,39H,14-15,24-30H2,1H3/t31-,36+,37-/m0/s1. The van der Waals surface area contributed by atoms with Crippen molar-refractivity contribution in [1.29, 1.82) is 0 Å². The SMILES string of the molecule is C[C@@H]([C@H](C[C@@H](CCCCO)OCc1ccccc1)OCc1ccccc1)N(Cc1ccccc1)Cc1ccccc1. The monoisotopic (exact) mass is 551 g/mol. The van der Waals surface area contributed by atoms with Crippen LogP contribution in [0.2, 0.25) is 0 Å². The first-order valence-corrected chi connectivity index (χ1v) is 14.9. The third-order valence-corrected chi connectivity index (χ3v) is 7.64. The van der Waals surface area contributed by atoms with Gasteiger partial charge in [0.25, 0.3) is 0 Å². The molecular weight excluding hydrogens is 506 g/mol. The summed E-state index contributed by atoms with van der Waals surface area (Å²) < 4.78 is 13.3. The summed E-state index contributed by atoms with van der Waals surface area (Å²) in [5.41, 5.74) is 4.92. The van der Waals surface area contributed by atoms with Gasteiger partial charge in [-0.15, -0.1) is 0 Å². The van der Waals surface area contributed by atoms with Crippen LogP contribution in [0.3, 0.4) is 0 Å². The van der Waals surface area contributed by atoms with Gasteiger partial charge >= 0.3 is 0 Å². The number of hydrogen-bond acceptors (Lipinski definition) is 4. The molecule has 0 saturated heterocycles. The lowest BCUT2D eigenvalue weighted by atomic mass is 9.99. The van der Waals surface area contributed by atoms with Gasteiger partial charge in [0.1, 0.15) is 0 Å². The molecule has 0 spiro atoms. The molecule has 0 aliphatic heterocycles. The number of unbranched alkanes of at least 4 members (excludes halogenated alkanes) is 1. The van der Waals surface area contributed by atoms with Crippen LogP contribution in [0.15, 0.2) is 121 Å². The molecule has 4 nitrogen and oxygen atoms in total. The fourth-order valence-electron chi connectivity index (χ4n) is 5.20. The molecule has 4 heteroatoms. The fourth-order valence-corrected chi connectivity index (χ4v) is 5.20. The zero-order valence-electron chi connectivity index (χ0n) is 24.4. The first-order valence-electron chi connectivity index (χ1n) is 14.9. The molecule has 4 rings (SSSR count). The molecule has 3 atom stereocenters. The zero-order chi connectivity index (χ0) is 28.5. The predicted molar refractivity (Wildman–Crippen MR) is 167 cm³/mol. The summed E-state index contributed by atoms with van der Waals surface area (Å²) in [6.45, 7) is 5.30. The van der Waals surface area contributed by atoms with E-state index in [2.05, 4.69) is 121 Å². The Labute approximate surface area is 246 Å². The normalized spacial score (nSPS) is 13.6. The molecule has 0 aromatic heterocycles. The molecule has 1 N–H and O–H groups in total. The van der Waals surface area contributed by atoms with Gasteiger partial charge in [-0.1, -0.05) is 121 Å². The van der Waals surface area contributed by atoms with Crippen LogP contribution in [0.25, 0.3) is 0 Å². The zero-order valence-corrected chi connectivity index (χ0v) is 24.4. The molecule has 0 radical (unpaired) electrons. The lowest BCUT2D eigenvalue weighted by Gasteiger charge is -2.36. The molecule has 0 saturated carbocycles. The van der Waals surface area contributed by atoms with E-state index in [1.807, 2.05) is 12.1 Å². The maximum Gasteiger partial charge on any atom is 0.0757 e. The van der Waals surface area contributed by atoms with Crippen molar-refractivity contribution in [2.45, 2.75) is 77.2 Å². The number of hydrogen-bond donors (Lipinski definition) is 1. The summed E-state index contributed by atoms with van der Waals surface area (Å²) >= 11 is 0. The third-order valence-electron chi connectivity index (χ3n) is 7.64. The molecular formula is C37H45NO3. The number of aliphatic hydroxyl groups is 1. The lowest BCUT2D eigenvalue weighted by molar-refractivity contribution is -0.0670. The summed E-state index contributed by atoms with van der Waals surface area (Å²) in [5, 5.41) is 9.45. The van der Waals surface area contributed by atoms with E-state index in [1.54, 1.807) is 0 Å². The Balaban J connectivity index is 1.56. The summed E-state index contributed by atoms with van der Waals surface area (Å²) in [7, 11) is 0. The largest absolute Gasteiger partial charge is 0.396 e. The Kier molecular flexibility index (Phi) is 13.1. The van der Waals surface area contributed by atoms with E-state index in [1.165, 1.54) is 22.3 Å². The van der Waals surface area contributed by atoms with Gasteiger partial charge in [-0.25, -0.2) is 0 Å². The van der Waals surface area contributed by atoms with Crippen molar-refractivity contribution in [1.82, 2.24) is 4.90 Å². The minimum atomic E-state index is -0.0440. The van der Waals surface area contributed by atoms with Gasteiger partial charge in [0.2, 0.25) is 0 Å². The highest BCUT2D eigenvalue weighted by Crippen LogP contribution is 2.24. The quantitative estimate of drug-likeness (QED) is 0.128. The molecule has 4 aromatic rings. The van der Waals surface area contributed by atoms with E-state index in [0.29, 0.717) is 13.2 Å². The van der Waals surface area contributed by atoms with Crippen LogP contribution in [0.5, 0.6) is 0 Å². The van der Waals surface area contributed by atoms with E-state index in [9.17, 15) is 5.11 Å². The first-order chi connectivity index (χ1) is 20.2. The highest BCUT2D eigenvalue weighted by atomic mass is 16.5. The summed E-state index contributed by atoms with van der Waals surface area (Å²) in [4.78, 5) is 2.53. The minimum absolute atomic E-state index is 0.0280. The molecule has 0 aliphatic carbocycles. The topological polar surface area (TPSA) is 41.9 Å². The van der Waals surface area contributed by atoms with E-state index >= 15 is 0 Å². The number of benzene rings is 4. The van der Waals surface area contributed by atoms with Gasteiger partial charge < -0.3 is 14.6 Å². The smallest absolute Gasteiger partial charge is 0.0757 e. The van der Waals surface area contributed by atoms with Gasteiger partial charge in [-0.3, -0.25) is 4.90 Å². The second kappa shape index (κ2) is 17.5. The fraction of sp³-hybridized carbons (Fsp3) is 0.351. The molecule has 0 bridgehead atoms.